The van der Waals surface area contributed by atoms with Gasteiger partial charge in [-0.3, -0.25) is 4.79 Å². The van der Waals surface area contributed by atoms with E-state index in [-0.39, 0.29) is 11.4 Å². The molecule has 0 aliphatic heterocycles. The maximum absolute atomic E-state index is 12.7. The predicted octanol–water partition coefficient (Wildman–Crippen LogP) is 4.22. The van der Waals surface area contributed by atoms with Crippen molar-refractivity contribution in [2.24, 2.45) is 0 Å². The molecular weight excluding hydrogens is 416 g/mol. The number of hydrogen-bond donors (Lipinski definition) is 1. The lowest BCUT2D eigenvalue weighted by atomic mass is 9.99. The monoisotopic (exact) mass is 438 g/mol. The van der Waals surface area contributed by atoms with Crippen LogP contribution < -0.4 is 5.32 Å². The van der Waals surface area contributed by atoms with Crippen LogP contribution in [-0.4, -0.2) is 32.2 Å². The largest absolute Gasteiger partial charge is 0.324 e. The van der Waals surface area contributed by atoms with Crippen LogP contribution in [0, 0.1) is 0 Å². The summed E-state index contributed by atoms with van der Waals surface area (Å²) in [5, 5.41) is 2.70. The van der Waals surface area contributed by atoms with Crippen molar-refractivity contribution in [3.8, 4) is 0 Å². The average molecular weight is 439 g/mol. The minimum atomic E-state index is -3.72. The first-order valence-corrected chi connectivity index (χ1v) is 10.6. The quantitative estimate of drug-likeness (QED) is 0.703. The molecule has 0 saturated heterocycles. The van der Waals surface area contributed by atoms with Gasteiger partial charge in [-0.15, -0.1) is 0 Å². The Labute approximate surface area is 163 Å². The topological polar surface area (TPSA) is 66.5 Å². The number of para-hydroxylation sites is 1. The number of nitrogens with one attached hydrogen (secondary N) is 1. The van der Waals surface area contributed by atoms with Crippen molar-refractivity contribution in [1.29, 1.82) is 0 Å². The van der Waals surface area contributed by atoms with E-state index in [1.54, 1.807) is 30.3 Å². The van der Waals surface area contributed by atoms with Gasteiger partial charge in [0.05, 0.1) is 17.1 Å². The van der Waals surface area contributed by atoms with Crippen LogP contribution in [0.4, 0.5) is 5.69 Å². The second kappa shape index (κ2) is 8.79. The highest BCUT2D eigenvalue weighted by Gasteiger charge is 2.23. The van der Waals surface area contributed by atoms with Crippen LogP contribution in [0.15, 0.2) is 57.9 Å². The smallest absolute Gasteiger partial charge is 0.243 e. The molecule has 0 aromatic heterocycles. The minimum absolute atomic E-state index is 0.181. The first-order valence-electron chi connectivity index (χ1n) is 8.36. The Bertz CT molecular complexity index is 867. The molecule has 2 rings (SSSR count). The van der Waals surface area contributed by atoms with Crippen LogP contribution in [-0.2, 0) is 14.8 Å². The lowest BCUT2D eigenvalue weighted by Gasteiger charge is -2.18. The second-order valence-corrected chi connectivity index (χ2v) is 9.07. The molecule has 0 aliphatic carbocycles. The zero-order chi connectivity index (χ0) is 19.3. The summed E-state index contributed by atoms with van der Waals surface area (Å²) in [6, 6.07) is 14.0. The van der Waals surface area contributed by atoms with Gasteiger partial charge in [-0.05, 0) is 58.1 Å². The first kappa shape index (κ1) is 20.6. The Hall–Kier alpha value is -1.70. The number of likely N-dealkylation sites (N-methyl/N-ethyl adjacent to an activating group) is 1. The minimum Gasteiger partial charge on any atom is -0.324 e. The molecule has 2 aromatic carbocycles. The summed E-state index contributed by atoms with van der Waals surface area (Å²) < 4.78 is 27.1. The molecule has 1 amide bonds. The van der Waals surface area contributed by atoms with Gasteiger partial charge in [0.25, 0.3) is 0 Å². The number of anilines is 1. The molecule has 140 valence electrons. The van der Waals surface area contributed by atoms with E-state index in [0.29, 0.717) is 11.6 Å². The number of halogens is 1. The summed E-state index contributed by atoms with van der Waals surface area (Å²) in [5.74, 6) is -0.0289. The van der Waals surface area contributed by atoms with Gasteiger partial charge in [-0.1, -0.05) is 38.1 Å². The van der Waals surface area contributed by atoms with Crippen molar-refractivity contribution in [2.75, 3.05) is 18.9 Å². The van der Waals surface area contributed by atoms with Gasteiger partial charge in [0, 0.05) is 11.5 Å². The zero-order valence-corrected chi connectivity index (χ0v) is 17.5. The summed E-state index contributed by atoms with van der Waals surface area (Å²) >= 11 is 3.34. The molecule has 5 nitrogen and oxygen atoms in total. The fourth-order valence-corrected chi connectivity index (χ4v) is 3.93. The van der Waals surface area contributed by atoms with Crippen molar-refractivity contribution in [1.82, 2.24) is 4.31 Å². The molecule has 1 atom stereocenters. The summed E-state index contributed by atoms with van der Waals surface area (Å²) in [6.07, 6.45) is 0.987. The molecule has 0 aliphatic rings. The molecule has 0 spiro atoms. The van der Waals surface area contributed by atoms with E-state index in [0.717, 1.165) is 20.8 Å². The van der Waals surface area contributed by atoms with Crippen LogP contribution >= 0.6 is 15.9 Å². The van der Waals surface area contributed by atoms with Gasteiger partial charge in [-0.2, -0.15) is 4.31 Å². The maximum Gasteiger partial charge on any atom is 0.243 e. The summed E-state index contributed by atoms with van der Waals surface area (Å²) in [6.45, 7) is 3.92. The van der Waals surface area contributed by atoms with E-state index in [1.165, 1.54) is 7.05 Å². The number of hydrogen-bond acceptors (Lipinski definition) is 3. The normalized spacial score (nSPS) is 12.8. The van der Waals surface area contributed by atoms with Crippen LogP contribution in [0.25, 0.3) is 0 Å². The Morgan fingerprint density at radius 3 is 2.35 bits per heavy atom. The number of sulfonamides is 1. The van der Waals surface area contributed by atoms with E-state index >= 15 is 0 Å². The Morgan fingerprint density at radius 2 is 1.77 bits per heavy atom. The maximum atomic E-state index is 12.7. The fraction of sp³-hybridized carbons (Fsp3) is 0.316. The third-order valence-corrected chi connectivity index (χ3v) is 6.79. The summed E-state index contributed by atoms with van der Waals surface area (Å²) in [7, 11) is -2.32. The number of nitrogens with zero attached hydrogens (tertiary/aromatic N) is 1. The van der Waals surface area contributed by atoms with Crippen molar-refractivity contribution >= 4 is 37.5 Å². The third kappa shape index (κ3) is 4.93. The molecular formula is C19H23BrN2O3S. The van der Waals surface area contributed by atoms with Crippen molar-refractivity contribution < 1.29 is 13.2 Å². The van der Waals surface area contributed by atoms with Gasteiger partial charge < -0.3 is 5.32 Å². The van der Waals surface area contributed by atoms with Gasteiger partial charge in [0.15, 0.2) is 0 Å². The lowest BCUT2D eigenvalue weighted by molar-refractivity contribution is -0.116. The molecule has 0 radical (unpaired) electrons. The lowest BCUT2D eigenvalue weighted by Crippen LogP contribution is -2.35. The number of carbonyl (C=O) groups excluding carboxylic acids is 1. The highest BCUT2D eigenvalue weighted by molar-refractivity contribution is 9.10. The van der Waals surface area contributed by atoms with Crippen molar-refractivity contribution in [3.63, 3.8) is 0 Å². The van der Waals surface area contributed by atoms with Crippen LogP contribution in [0.1, 0.15) is 31.7 Å². The van der Waals surface area contributed by atoms with Gasteiger partial charge in [-0.25, -0.2) is 8.42 Å². The van der Waals surface area contributed by atoms with Crippen molar-refractivity contribution in [2.45, 2.75) is 31.1 Å². The Kier molecular flexibility index (Phi) is 6.97. The van der Waals surface area contributed by atoms with E-state index in [4.69, 9.17) is 0 Å². The predicted molar refractivity (Wildman–Crippen MR) is 108 cm³/mol. The van der Waals surface area contributed by atoms with Gasteiger partial charge >= 0.3 is 0 Å². The molecule has 1 N–H and O–H groups in total. The number of rotatable bonds is 7. The number of carbonyl (C=O) groups is 1. The standard InChI is InChI=1S/C19H23BrN2O3S/c1-4-14(2)15-9-11-16(12-10-15)26(24,25)22(3)13-19(23)21-18-8-6-5-7-17(18)20/h5-12,14H,4,13H2,1-3H3,(H,21,23)/t14-/m0/s1. The second-order valence-electron chi connectivity index (χ2n) is 6.17. The Morgan fingerprint density at radius 1 is 1.15 bits per heavy atom. The molecule has 0 fully saturated rings. The molecule has 26 heavy (non-hydrogen) atoms. The van der Waals surface area contributed by atoms with Crippen LogP contribution in [0.3, 0.4) is 0 Å². The summed E-state index contributed by atoms with van der Waals surface area (Å²) in [5.41, 5.74) is 1.70. The Balaban J connectivity index is 2.08. The molecule has 0 heterocycles. The molecule has 0 bridgehead atoms. The molecule has 2 aromatic rings. The molecule has 7 heteroatoms. The van der Waals surface area contributed by atoms with E-state index in [1.807, 2.05) is 18.2 Å². The zero-order valence-electron chi connectivity index (χ0n) is 15.1. The highest BCUT2D eigenvalue weighted by Crippen LogP contribution is 2.23. The van der Waals surface area contributed by atoms with E-state index < -0.39 is 15.9 Å². The highest BCUT2D eigenvalue weighted by atomic mass is 79.9. The van der Waals surface area contributed by atoms with Crippen LogP contribution in [0.2, 0.25) is 0 Å². The first-order chi connectivity index (χ1) is 12.3. The SMILES string of the molecule is CC[C@H](C)c1ccc(S(=O)(=O)N(C)CC(=O)Nc2ccccc2Br)cc1. The number of amides is 1. The van der Waals surface area contributed by atoms with Crippen molar-refractivity contribution in [3.05, 3.63) is 58.6 Å². The molecule has 0 saturated carbocycles. The molecule has 0 unspecified atom stereocenters. The average Bonchev–Trinajstić information content (AvgIpc) is 2.63. The van der Waals surface area contributed by atoms with E-state index in [9.17, 15) is 13.2 Å². The number of benzene rings is 2. The third-order valence-electron chi connectivity index (χ3n) is 4.28. The fourth-order valence-electron chi connectivity index (χ4n) is 2.42. The van der Waals surface area contributed by atoms with Gasteiger partial charge in [0.1, 0.15) is 0 Å². The van der Waals surface area contributed by atoms with Crippen LogP contribution in [0.5, 0.6) is 0 Å². The summed E-state index contributed by atoms with van der Waals surface area (Å²) in [4.78, 5) is 12.4. The van der Waals surface area contributed by atoms with Gasteiger partial charge in [0.2, 0.25) is 15.9 Å². The van der Waals surface area contributed by atoms with E-state index in [2.05, 4.69) is 35.1 Å².